The lowest BCUT2D eigenvalue weighted by atomic mass is 10.4. The molecule has 0 bridgehead atoms. The summed E-state index contributed by atoms with van der Waals surface area (Å²) in [5.41, 5.74) is 0. The minimum Gasteiger partial charge on any atom is -0.378 e. The van der Waals surface area contributed by atoms with Crippen molar-refractivity contribution in [2.24, 2.45) is 4.99 Å². The fraction of sp³-hybridized carbons (Fsp3) is 0.917. The lowest BCUT2D eigenvalue weighted by Gasteiger charge is -2.17. The third-order valence-electron chi connectivity index (χ3n) is 2.89. The molecule has 5 heteroatoms. The van der Waals surface area contributed by atoms with Crippen LogP contribution < -0.4 is 10.6 Å². The van der Waals surface area contributed by atoms with E-state index in [-0.39, 0.29) is 0 Å². The number of guanidine groups is 1. The smallest absolute Gasteiger partial charge is 0.191 e. The van der Waals surface area contributed by atoms with Crippen LogP contribution in [0.1, 0.15) is 20.8 Å². The highest BCUT2D eigenvalue weighted by molar-refractivity contribution is 5.81. The Kier molecular flexibility index (Phi) is 6.96. The number of nitrogens with zero attached hydrogens (tertiary/aromatic N) is 2. The summed E-state index contributed by atoms with van der Waals surface area (Å²) in [5.74, 6) is 0.907. The predicted molar refractivity (Wildman–Crippen MR) is 71.5 cm³/mol. The van der Waals surface area contributed by atoms with Crippen LogP contribution in [0.5, 0.6) is 0 Å². The van der Waals surface area contributed by atoms with Crippen LogP contribution in [0.15, 0.2) is 4.99 Å². The van der Waals surface area contributed by atoms with E-state index in [0.29, 0.717) is 6.04 Å². The standard InChI is InChI=1S/C12H26N4O/c1-4-16(5-2)7-9-17-8-6-13-12-14-10-11(3)15-12/h11H,4-10H2,1-3H3,(H2,13,14,15). The fourth-order valence-electron chi connectivity index (χ4n) is 1.74. The average Bonchev–Trinajstić information content (AvgIpc) is 2.74. The summed E-state index contributed by atoms with van der Waals surface area (Å²) in [6.45, 7) is 12.9. The largest absolute Gasteiger partial charge is 0.378 e. The minimum absolute atomic E-state index is 0.459. The van der Waals surface area contributed by atoms with Crippen molar-refractivity contribution >= 4 is 5.96 Å². The highest BCUT2D eigenvalue weighted by atomic mass is 16.5. The van der Waals surface area contributed by atoms with Crippen LogP contribution >= 0.6 is 0 Å². The van der Waals surface area contributed by atoms with E-state index in [2.05, 4.69) is 41.3 Å². The Morgan fingerprint density at radius 2 is 2.18 bits per heavy atom. The SMILES string of the molecule is CCN(CC)CCOCCNC1=NCC(C)N1. The topological polar surface area (TPSA) is 48.9 Å². The van der Waals surface area contributed by atoms with Gasteiger partial charge in [-0.2, -0.15) is 0 Å². The molecule has 0 aromatic rings. The molecule has 1 aliphatic heterocycles. The molecule has 0 saturated carbocycles. The normalized spacial score (nSPS) is 19.3. The van der Waals surface area contributed by atoms with Gasteiger partial charge in [0.15, 0.2) is 5.96 Å². The highest BCUT2D eigenvalue weighted by Gasteiger charge is 2.10. The molecule has 0 radical (unpaired) electrons. The van der Waals surface area contributed by atoms with Crippen molar-refractivity contribution in [1.29, 1.82) is 0 Å². The maximum Gasteiger partial charge on any atom is 0.191 e. The summed E-state index contributed by atoms with van der Waals surface area (Å²) in [7, 11) is 0. The molecule has 0 saturated heterocycles. The maximum atomic E-state index is 5.57. The second-order valence-electron chi connectivity index (χ2n) is 4.30. The van der Waals surface area contributed by atoms with Gasteiger partial charge in [-0.05, 0) is 20.0 Å². The fourth-order valence-corrected chi connectivity index (χ4v) is 1.74. The van der Waals surface area contributed by atoms with Crippen LogP contribution in [-0.4, -0.2) is 62.8 Å². The van der Waals surface area contributed by atoms with Crippen LogP contribution in [0.2, 0.25) is 0 Å². The second-order valence-corrected chi connectivity index (χ2v) is 4.30. The van der Waals surface area contributed by atoms with Crippen LogP contribution in [0, 0.1) is 0 Å². The number of nitrogens with one attached hydrogen (secondary N) is 2. The Morgan fingerprint density at radius 3 is 2.76 bits per heavy atom. The first-order valence-electron chi connectivity index (χ1n) is 6.61. The van der Waals surface area contributed by atoms with E-state index in [0.717, 1.165) is 51.9 Å². The minimum atomic E-state index is 0.459. The molecule has 1 unspecified atom stereocenters. The van der Waals surface area contributed by atoms with Crippen LogP contribution in [0.3, 0.4) is 0 Å². The molecule has 1 heterocycles. The summed E-state index contributed by atoms with van der Waals surface area (Å²) in [5, 5.41) is 6.48. The molecule has 1 atom stereocenters. The quantitative estimate of drug-likeness (QED) is 0.600. The van der Waals surface area contributed by atoms with Crippen molar-refractivity contribution in [2.75, 3.05) is 45.9 Å². The second kappa shape index (κ2) is 8.31. The number of ether oxygens (including phenoxy) is 1. The van der Waals surface area contributed by atoms with Gasteiger partial charge in [0.05, 0.1) is 19.8 Å². The number of aliphatic imine (C=N–C) groups is 1. The highest BCUT2D eigenvalue weighted by Crippen LogP contribution is 1.91. The molecule has 0 aromatic heterocycles. The van der Waals surface area contributed by atoms with Crippen LogP contribution in [-0.2, 0) is 4.74 Å². The van der Waals surface area contributed by atoms with E-state index in [4.69, 9.17) is 4.74 Å². The third-order valence-corrected chi connectivity index (χ3v) is 2.89. The predicted octanol–water partition coefficient (Wildman–Crippen LogP) is 0.282. The van der Waals surface area contributed by atoms with Crippen molar-refractivity contribution in [2.45, 2.75) is 26.8 Å². The first-order chi connectivity index (χ1) is 8.26. The van der Waals surface area contributed by atoms with Crippen molar-refractivity contribution in [1.82, 2.24) is 15.5 Å². The average molecular weight is 242 g/mol. The molecule has 17 heavy (non-hydrogen) atoms. The Hall–Kier alpha value is -0.810. The summed E-state index contributed by atoms with van der Waals surface area (Å²) in [4.78, 5) is 6.68. The van der Waals surface area contributed by atoms with Gasteiger partial charge >= 0.3 is 0 Å². The molecule has 2 N–H and O–H groups in total. The molecule has 0 aromatic carbocycles. The molecule has 0 aliphatic carbocycles. The first kappa shape index (κ1) is 14.3. The van der Waals surface area contributed by atoms with E-state index in [1.54, 1.807) is 0 Å². The van der Waals surface area contributed by atoms with E-state index < -0.39 is 0 Å². The van der Waals surface area contributed by atoms with Gasteiger partial charge in [0.25, 0.3) is 0 Å². The van der Waals surface area contributed by atoms with Gasteiger partial charge in [-0.1, -0.05) is 13.8 Å². The summed E-state index contributed by atoms with van der Waals surface area (Å²) in [6.07, 6.45) is 0. The Balaban J connectivity index is 1.91. The van der Waals surface area contributed by atoms with Gasteiger partial charge in [0.2, 0.25) is 0 Å². The van der Waals surface area contributed by atoms with Gasteiger partial charge in [0, 0.05) is 19.1 Å². The summed E-state index contributed by atoms with van der Waals surface area (Å²) in [6, 6.07) is 0.459. The van der Waals surface area contributed by atoms with E-state index in [1.165, 1.54) is 0 Å². The van der Waals surface area contributed by atoms with Crippen LogP contribution in [0.4, 0.5) is 0 Å². The summed E-state index contributed by atoms with van der Waals surface area (Å²) < 4.78 is 5.57. The molecule has 0 fully saturated rings. The lowest BCUT2D eigenvalue weighted by Crippen LogP contribution is -2.39. The number of rotatable bonds is 8. The molecule has 1 rings (SSSR count). The molecule has 5 nitrogen and oxygen atoms in total. The molecule has 1 aliphatic rings. The lowest BCUT2D eigenvalue weighted by molar-refractivity contribution is 0.111. The van der Waals surface area contributed by atoms with Crippen molar-refractivity contribution in [3.05, 3.63) is 0 Å². The molecule has 0 amide bonds. The van der Waals surface area contributed by atoms with Gasteiger partial charge < -0.3 is 20.3 Å². The van der Waals surface area contributed by atoms with Crippen molar-refractivity contribution < 1.29 is 4.74 Å². The third kappa shape index (κ3) is 5.89. The van der Waals surface area contributed by atoms with E-state index in [1.807, 2.05) is 0 Å². The van der Waals surface area contributed by atoms with Gasteiger partial charge in [-0.15, -0.1) is 0 Å². The summed E-state index contributed by atoms with van der Waals surface area (Å²) >= 11 is 0. The number of hydrogen-bond acceptors (Lipinski definition) is 5. The molecular formula is C12H26N4O. The Labute approximate surface area is 105 Å². The molecular weight excluding hydrogens is 216 g/mol. The number of hydrogen-bond donors (Lipinski definition) is 2. The van der Waals surface area contributed by atoms with Crippen molar-refractivity contribution in [3.63, 3.8) is 0 Å². The van der Waals surface area contributed by atoms with Crippen LogP contribution in [0.25, 0.3) is 0 Å². The van der Waals surface area contributed by atoms with E-state index >= 15 is 0 Å². The zero-order valence-corrected chi connectivity index (χ0v) is 11.3. The zero-order chi connectivity index (χ0) is 12.5. The zero-order valence-electron chi connectivity index (χ0n) is 11.3. The first-order valence-corrected chi connectivity index (χ1v) is 6.61. The van der Waals surface area contributed by atoms with E-state index in [9.17, 15) is 0 Å². The monoisotopic (exact) mass is 242 g/mol. The van der Waals surface area contributed by atoms with Gasteiger partial charge in [-0.3, -0.25) is 4.99 Å². The Bertz CT molecular complexity index is 229. The number of likely N-dealkylation sites (N-methyl/N-ethyl adjacent to an activating group) is 1. The molecule has 0 spiro atoms. The maximum absolute atomic E-state index is 5.57. The molecule has 100 valence electrons. The van der Waals surface area contributed by atoms with Gasteiger partial charge in [0.1, 0.15) is 0 Å². The van der Waals surface area contributed by atoms with Crippen molar-refractivity contribution in [3.8, 4) is 0 Å². The van der Waals surface area contributed by atoms with Gasteiger partial charge in [-0.25, -0.2) is 0 Å². The Morgan fingerprint density at radius 1 is 1.41 bits per heavy atom.